The van der Waals surface area contributed by atoms with E-state index in [0.717, 1.165) is 10.0 Å². The summed E-state index contributed by atoms with van der Waals surface area (Å²) in [4.78, 5) is 16.5. The van der Waals surface area contributed by atoms with Crippen molar-refractivity contribution in [2.24, 2.45) is 0 Å². The molecule has 1 unspecified atom stereocenters. The second kappa shape index (κ2) is 6.52. The van der Waals surface area contributed by atoms with Crippen molar-refractivity contribution in [1.29, 1.82) is 0 Å². The number of amides is 1. The van der Waals surface area contributed by atoms with Crippen LogP contribution in [0.25, 0.3) is 0 Å². The van der Waals surface area contributed by atoms with Crippen LogP contribution in [0.4, 0.5) is 5.82 Å². The molecule has 0 saturated carbocycles. The minimum Gasteiger partial charge on any atom is -0.372 e. The van der Waals surface area contributed by atoms with E-state index in [-0.39, 0.29) is 11.9 Å². The first-order chi connectivity index (χ1) is 9.61. The van der Waals surface area contributed by atoms with Crippen LogP contribution in [0.15, 0.2) is 47.1 Å². The highest BCUT2D eigenvalue weighted by molar-refractivity contribution is 9.10. The van der Waals surface area contributed by atoms with E-state index < -0.39 is 0 Å². The number of hydrogen-bond acceptors (Lipinski definition) is 3. The van der Waals surface area contributed by atoms with Crippen LogP contribution in [0.5, 0.6) is 0 Å². The zero-order valence-corrected chi connectivity index (χ0v) is 12.9. The number of benzene rings is 1. The second-order valence-electron chi connectivity index (χ2n) is 4.41. The number of aromatic nitrogens is 1. The topological polar surface area (TPSA) is 54.0 Å². The lowest BCUT2D eigenvalue weighted by Gasteiger charge is -2.15. The summed E-state index contributed by atoms with van der Waals surface area (Å²) < 4.78 is 0.772. The molecule has 1 amide bonds. The second-order valence-corrected chi connectivity index (χ2v) is 5.32. The van der Waals surface area contributed by atoms with Crippen molar-refractivity contribution in [3.05, 3.63) is 58.2 Å². The average Bonchev–Trinajstić information content (AvgIpc) is 2.48. The Labute approximate surface area is 126 Å². The molecule has 2 rings (SSSR count). The molecule has 1 heterocycles. The van der Waals surface area contributed by atoms with Gasteiger partial charge >= 0.3 is 0 Å². The number of nitrogens with one attached hydrogen (secondary N) is 2. The quantitative estimate of drug-likeness (QED) is 0.901. The monoisotopic (exact) mass is 333 g/mol. The SMILES string of the molecule is CNc1ncc(Br)cc1C(=O)NC(C)c1ccccc1. The van der Waals surface area contributed by atoms with Gasteiger partial charge in [-0.25, -0.2) is 4.98 Å². The lowest BCUT2D eigenvalue weighted by molar-refractivity contribution is 0.0940. The van der Waals surface area contributed by atoms with E-state index >= 15 is 0 Å². The van der Waals surface area contributed by atoms with Gasteiger partial charge in [0.1, 0.15) is 5.82 Å². The van der Waals surface area contributed by atoms with E-state index in [0.29, 0.717) is 11.4 Å². The maximum absolute atomic E-state index is 12.3. The van der Waals surface area contributed by atoms with Crippen LogP contribution in [-0.4, -0.2) is 17.9 Å². The van der Waals surface area contributed by atoms with Gasteiger partial charge in [-0.1, -0.05) is 30.3 Å². The summed E-state index contributed by atoms with van der Waals surface area (Å²) >= 11 is 3.33. The molecule has 0 aliphatic heterocycles. The van der Waals surface area contributed by atoms with Crippen molar-refractivity contribution >= 4 is 27.7 Å². The van der Waals surface area contributed by atoms with Gasteiger partial charge in [0.2, 0.25) is 0 Å². The number of nitrogens with zero attached hydrogens (tertiary/aromatic N) is 1. The summed E-state index contributed by atoms with van der Waals surface area (Å²) in [7, 11) is 1.74. The van der Waals surface area contributed by atoms with E-state index in [9.17, 15) is 4.79 Å². The fraction of sp³-hybridized carbons (Fsp3) is 0.200. The minimum absolute atomic E-state index is 0.0626. The van der Waals surface area contributed by atoms with Crippen molar-refractivity contribution in [2.75, 3.05) is 12.4 Å². The smallest absolute Gasteiger partial charge is 0.255 e. The van der Waals surface area contributed by atoms with Crippen LogP contribution in [0.2, 0.25) is 0 Å². The van der Waals surface area contributed by atoms with Crippen molar-refractivity contribution in [3.63, 3.8) is 0 Å². The van der Waals surface area contributed by atoms with Crippen LogP contribution in [0, 0.1) is 0 Å². The number of halogens is 1. The van der Waals surface area contributed by atoms with E-state index in [1.165, 1.54) is 0 Å². The number of pyridine rings is 1. The summed E-state index contributed by atoms with van der Waals surface area (Å²) in [6.45, 7) is 1.96. The Bertz CT molecular complexity index is 601. The average molecular weight is 334 g/mol. The Hall–Kier alpha value is -1.88. The maximum Gasteiger partial charge on any atom is 0.255 e. The van der Waals surface area contributed by atoms with Gasteiger partial charge in [0.15, 0.2) is 0 Å². The fourth-order valence-corrected chi connectivity index (χ4v) is 2.24. The Morgan fingerprint density at radius 1 is 1.30 bits per heavy atom. The lowest BCUT2D eigenvalue weighted by atomic mass is 10.1. The Balaban J connectivity index is 2.18. The predicted octanol–water partition coefficient (Wildman–Crippen LogP) is 3.38. The first kappa shape index (κ1) is 14.5. The van der Waals surface area contributed by atoms with Gasteiger partial charge in [-0.3, -0.25) is 4.79 Å². The van der Waals surface area contributed by atoms with E-state index in [4.69, 9.17) is 0 Å². The lowest BCUT2D eigenvalue weighted by Crippen LogP contribution is -2.27. The number of hydrogen-bond donors (Lipinski definition) is 2. The summed E-state index contributed by atoms with van der Waals surface area (Å²) in [5.74, 6) is 0.408. The van der Waals surface area contributed by atoms with Crippen LogP contribution in [0.1, 0.15) is 28.9 Å². The third-order valence-electron chi connectivity index (χ3n) is 2.98. The van der Waals surface area contributed by atoms with Crippen LogP contribution < -0.4 is 10.6 Å². The van der Waals surface area contributed by atoms with Gasteiger partial charge in [0.05, 0.1) is 11.6 Å². The van der Waals surface area contributed by atoms with E-state index in [1.54, 1.807) is 19.3 Å². The van der Waals surface area contributed by atoms with Gasteiger partial charge in [-0.15, -0.1) is 0 Å². The Morgan fingerprint density at radius 3 is 2.65 bits per heavy atom. The summed E-state index contributed by atoms with van der Waals surface area (Å²) in [5, 5.41) is 5.90. The first-order valence-corrected chi connectivity index (χ1v) is 7.10. The summed E-state index contributed by atoms with van der Waals surface area (Å²) in [6, 6.07) is 11.5. The van der Waals surface area contributed by atoms with Crippen molar-refractivity contribution in [2.45, 2.75) is 13.0 Å². The first-order valence-electron chi connectivity index (χ1n) is 6.31. The van der Waals surface area contributed by atoms with Crippen LogP contribution in [0.3, 0.4) is 0 Å². The van der Waals surface area contributed by atoms with Gasteiger partial charge < -0.3 is 10.6 Å². The van der Waals surface area contributed by atoms with E-state index in [2.05, 4.69) is 31.5 Å². The molecule has 0 aliphatic rings. The molecule has 0 aliphatic carbocycles. The molecule has 1 aromatic carbocycles. The van der Waals surface area contributed by atoms with E-state index in [1.807, 2.05) is 37.3 Å². The molecule has 1 atom stereocenters. The fourth-order valence-electron chi connectivity index (χ4n) is 1.91. The predicted molar refractivity (Wildman–Crippen MR) is 83.8 cm³/mol. The molecule has 5 heteroatoms. The molecular formula is C15H16BrN3O. The number of carbonyl (C=O) groups is 1. The normalized spacial score (nSPS) is 11.8. The van der Waals surface area contributed by atoms with Gasteiger partial charge in [-0.2, -0.15) is 0 Å². The molecular weight excluding hydrogens is 318 g/mol. The molecule has 0 fully saturated rings. The Morgan fingerprint density at radius 2 is 2.00 bits per heavy atom. The van der Waals surface area contributed by atoms with Crippen molar-refractivity contribution < 1.29 is 4.79 Å². The molecule has 2 N–H and O–H groups in total. The summed E-state index contributed by atoms with van der Waals surface area (Å²) in [6.07, 6.45) is 1.66. The molecule has 0 bridgehead atoms. The molecule has 0 radical (unpaired) electrons. The van der Waals surface area contributed by atoms with Gasteiger partial charge in [0.25, 0.3) is 5.91 Å². The minimum atomic E-state index is -0.153. The Kier molecular flexibility index (Phi) is 4.74. The number of carbonyl (C=O) groups excluding carboxylic acids is 1. The van der Waals surface area contributed by atoms with Crippen LogP contribution in [-0.2, 0) is 0 Å². The third kappa shape index (κ3) is 3.36. The zero-order valence-electron chi connectivity index (χ0n) is 11.4. The highest BCUT2D eigenvalue weighted by atomic mass is 79.9. The van der Waals surface area contributed by atoms with Gasteiger partial charge in [0, 0.05) is 17.7 Å². The van der Waals surface area contributed by atoms with Crippen molar-refractivity contribution in [1.82, 2.24) is 10.3 Å². The molecule has 0 saturated heterocycles. The zero-order chi connectivity index (χ0) is 14.5. The number of rotatable bonds is 4. The molecule has 20 heavy (non-hydrogen) atoms. The maximum atomic E-state index is 12.3. The largest absolute Gasteiger partial charge is 0.372 e. The van der Waals surface area contributed by atoms with Crippen LogP contribution >= 0.6 is 15.9 Å². The standard InChI is InChI=1S/C15H16BrN3O/c1-10(11-6-4-3-5-7-11)19-15(20)13-8-12(16)9-18-14(13)17-2/h3-10H,1-2H3,(H,17,18)(H,19,20). The molecule has 4 nitrogen and oxygen atoms in total. The third-order valence-corrected chi connectivity index (χ3v) is 3.42. The van der Waals surface area contributed by atoms with Gasteiger partial charge in [-0.05, 0) is 34.5 Å². The number of anilines is 1. The highest BCUT2D eigenvalue weighted by Gasteiger charge is 2.15. The van der Waals surface area contributed by atoms with Crippen molar-refractivity contribution in [3.8, 4) is 0 Å². The molecule has 104 valence electrons. The molecule has 1 aromatic heterocycles. The highest BCUT2D eigenvalue weighted by Crippen LogP contribution is 2.19. The molecule has 2 aromatic rings. The summed E-state index contributed by atoms with van der Waals surface area (Å²) in [5.41, 5.74) is 1.58. The molecule has 0 spiro atoms.